The van der Waals surface area contributed by atoms with Crippen molar-refractivity contribution in [3.63, 3.8) is 0 Å². The standard InChI is InChI=1S/C18H14O/c1-3-13-12(2)14-8-4-5-9-15(14)16-10-6-7-11-17(16)18(13)19/h3-11H,1H2,2H3. The van der Waals surface area contributed by atoms with Crippen molar-refractivity contribution in [3.8, 4) is 0 Å². The molecule has 3 rings (SSSR count). The first-order valence-electron chi connectivity index (χ1n) is 6.31. The summed E-state index contributed by atoms with van der Waals surface area (Å²) in [6.45, 7) is 5.78. The van der Waals surface area contributed by atoms with Crippen LogP contribution in [0.1, 0.15) is 11.1 Å². The maximum absolute atomic E-state index is 12.6. The molecular formula is C18H14O. The molecule has 0 radical (unpaired) electrons. The predicted molar refractivity (Wildman–Crippen MR) is 82.6 cm³/mol. The van der Waals surface area contributed by atoms with Crippen LogP contribution in [0.25, 0.3) is 27.6 Å². The molecule has 0 bridgehead atoms. The topological polar surface area (TPSA) is 17.1 Å². The fourth-order valence-electron chi connectivity index (χ4n) is 2.67. The smallest absolute Gasteiger partial charge is 0.193 e. The summed E-state index contributed by atoms with van der Waals surface area (Å²) >= 11 is 0. The molecule has 0 amide bonds. The predicted octanol–water partition coefficient (Wildman–Crippen LogP) is 4.30. The number of hydrogen-bond donors (Lipinski definition) is 0. The van der Waals surface area contributed by atoms with E-state index in [2.05, 4.69) is 18.7 Å². The van der Waals surface area contributed by atoms with Crippen molar-refractivity contribution >= 4 is 27.6 Å². The lowest BCUT2D eigenvalue weighted by Crippen LogP contribution is -2.03. The van der Waals surface area contributed by atoms with Crippen LogP contribution in [0.4, 0.5) is 0 Å². The summed E-state index contributed by atoms with van der Waals surface area (Å²) in [6.07, 6.45) is 1.66. The van der Waals surface area contributed by atoms with E-state index in [-0.39, 0.29) is 5.43 Å². The van der Waals surface area contributed by atoms with Crippen molar-refractivity contribution in [2.45, 2.75) is 6.92 Å². The Kier molecular flexibility index (Phi) is 2.68. The summed E-state index contributed by atoms with van der Waals surface area (Å²) < 4.78 is 0. The van der Waals surface area contributed by atoms with E-state index in [1.807, 2.05) is 43.3 Å². The molecule has 3 aromatic rings. The van der Waals surface area contributed by atoms with Gasteiger partial charge in [0, 0.05) is 10.9 Å². The van der Waals surface area contributed by atoms with E-state index in [1.54, 1.807) is 6.08 Å². The van der Waals surface area contributed by atoms with E-state index in [4.69, 9.17) is 0 Å². The van der Waals surface area contributed by atoms with Crippen LogP contribution < -0.4 is 5.43 Å². The third-order valence-corrected chi connectivity index (χ3v) is 3.65. The molecule has 0 spiro atoms. The van der Waals surface area contributed by atoms with Crippen molar-refractivity contribution in [1.29, 1.82) is 0 Å². The van der Waals surface area contributed by atoms with Gasteiger partial charge in [-0.2, -0.15) is 0 Å². The fourth-order valence-corrected chi connectivity index (χ4v) is 2.67. The molecule has 0 atom stereocenters. The van der Waals surface area contributed by atoms with Crippen LogP contribution in [-0.2, 0) is 0 Å². The van der Waals surface area contributed by atoms with Gasteiger partial charge in [0.1, 0.15) is 0 Å². The highest BCUT2D eigenvalue weighted by Gasteiger charge is 2.08. The van der Waals surface area contributed by atoms with Crippen molar-refractivity contribution in [2.24, 2.45) is 0 Å². The molecule has 92 valence electrons. The molecule has 0 aliphatic carbocycles. The summed E-state index contributed by atoms with van der Waals surface area (Å²) in [5, 5.41) is 3.97. The first-order chi connectivity index (χ1) is 9.24. The number of fused-ring (bicyclic) bond motifs is 3. The molecule has 1 nitrogen and oxygen atoms in total. The number of rotatable bonds is 1. The summed E-state index contributed by atoms with van der Waals surface area (Å²) in [7, 11) is 0. The number of hydrogen-bond acceptors (Lipinski definition) is 1. The van der Waals surface area contributed by atoms with Gasteiger partial charge in [-0.1, -0.05) is 61.2 Å². The van der Waals surface area contributed by atoms with Crippen LogP contribution in [-0.4, -0.2) is 0 Å². The minimum absolute atomic E-state index is 0.0549. The number of benzene rings is 2. The molecule has 0 aliphatic heterocycles. The van der Waals surface area contributed by atoms with Crippen molar-refractivity contribution in [3.05, 3.63) is 76.5 Å². The molecule has 3 aromatic carbocycles. The van der Waals surface area contributed by atoms with Crippen LogP contribution >= 0.6 is 0 Å². The lowest BCUT2D eigenvalue weighted by atomic mass is 10.0. The number of aryl methyl sites for hydroxylation is 1. The van der Waals surface area contributed by atoms with Crippen LogP contribution in [0.2, 0.25) is 0 Å². The maximum Gasteiger partial charge on any atom is 0.193 e. The van der Waals surface area contributed by atoms with Gasteiger partial charge in [0.2, 0.25) is 0 Å². The summed E-state index contributed by atoms with van der Waals surface area (Å²) in [5.74, 6) is 0. The monoisotopic (exact) mass is 246 g/mol. The Morgan fingerprint density at radius 3 is 1.89 bits per heavy atom. The average molecular weight is 246 g/mol. The molecule has 19 heavy (non-hydrogen) atoms. The third-order valence-electron chi connectivity index (χ3n) is 3.65. The van der Waals surface area contributed by atoms with E-state index < -0.39 is 0 Å². The lowest BCUT2D eigenvalue weighted by molar-refractivity contribution is 1.49. The molecule has 0 unspecified atom stereocenters. The highest BCUT2D eigenvalue weighted by molar-refractivity contribution is 6.08. The normalized spacial score (nSPS) is 10.8. The van der Waals surface area contributed by atoms with E-state index >= 15 is 0 Å². The minimum atomic E-state index is 0.0549. The van der Waals surface area contributed by atoms with Crippen molar-refractivity contribution in [1.82, 2.24) is 0 Å². The zero-order chi connectivity index (χ0) is 13.4. The zero-order valence-corrected chi connectivity index (χ0v) is 10.8. The summed E-state index contributed by atoms with van der Waals surface area (Å²) in [5.41, 5.74) is 1.74. The van der Waals surface area contributed by atoms with Gasteiger partial charge in [-0.25, -0.2) is 0 Å². The van der Waals surface area contributed by atoms with Crippen molar-refractivity contribution in [2.75, 3.05) is 0 Å². The molecule has 0 saturated carbocycles. The maximum atomic E-state index is 12.6. The van der Waals surface area contributed by atoms with E-state index in [0.29, 0.717) is 5.56 Å². The van der Waals surface area contributed by atoms with Gasteiger partial charge in [-0.05, 0) is 28.6 Å². The van der Waals surface area contributed by atoms with Gasteiger partial charge in [0.15, 0.2) is 5.43 Å². The third kappa shape index (κ3) is 1.66. The molecule has 0 saturated heterocycles. The second-order valence-electron chi connectivity index (χ2n) is 4.66. The Labute approximate surface area is 111 Å². The Morgan fingerprint density at radius 2 is 1.32 bits per heavy atom. The first-order valence-corrected chi connectivity index (χ1v) is 6.31. The first kappa shape index (κ1) is 11.7. The van der Waals surface area contributed by atoms with Crippen molar-refractivity contribution < 1.29 is 0 Å². The van der Waals surface area contributed by atoms with E-state index in [0.717, 1.165) is 27.1 Å². The molecule has 0 aromatic heterocycles. The Hall–Kier alpha value is -2.41. The average Bonchev–Trinajstić information content (AvgIpc) is 2.55. The minimum Gasteiger partial charge on any atom is -0.289 e. The van der Waals surface area contributed by atoms with Gasteiger partial charge in [-0.3, -0.25) is 4.79 Å². The van der Waals surface area contributed by atoms with Crippen LogP contribution in [0.5, 0.6) is 0 Å². The lowest BCUT2D eigenvalue weighted by Gasteiger charge is -1.99. The summed E-state index contributed by atoms with van der Waals surface area (Å²) in [6, 6.07) is 15.9. The highest BCUT2D eigenvalue weighted by atomic mass is 16.1. The SMILES string of the molecule is C=Cc1c(C)c2ccccc2c2ccccc2c1=O. The van der Waals surface area contributed by atoms with Gasteiger partial charge in [0.05, 0.1) is 0 Å². The second-order valence-corrected chi connectivity index (χ2v) is 4.66. The Balaban J connectivity index is 2.81. The van der Waals surface area contributed by atoms with Crippen LogP contribution in [0, 0.1) is 6.92 Å². The fraction of sp³-hybridized carbons (Fsp3) is 0.0556. The molecule has 1 heteroatoms. The van der Waals surface area contributed by atoms with Gasteiger partial charge in [0.25, 0.3) is 0 Å². The summed E-state index contributed by atoms with van der Waals surface area (Å²) in [4.78, 5) is 12.6. The Bertz CT molecular complexity index is 860. The van der Waals surface area contributed by atoms with Gasteiger partial charge < -0.3 is 0 Å². The van der Waals surface area contributed by atoms with E-state index in [1.165, 1.54) is 0 Å². The molecule has 0 N–H and O–H groups in total. The van der Waals surface area contributed by atoms with Gasteiger partial charge in [-0.15, -0.1) is 0 Å². The second kappa shape index (κ2) is 4.36. The zero-order valence-electron chi connectivity index (χ0n) is 10.8. The molecular weight excluding hydrogens is 232 g/mol. The van der Waals surface area contributed by atoms with Crippen LogP contribution in [0.15, 0.2) is 59.9 Å². The quantitative estimate of drug-likeness (QED) is 0.625. The highest BCUT2D eigenvalue weighted by Crippen LogP contribution is 2.26. The Morgan fingerprint density at radius 1 is 0.842 bits per heavy atom. The molecule has 0 aliphatic rings. The molecule has 0 fully saturated rings. The van der Waals surface area contributed by atoms with Crippen LogP contribution in [0.3, 0.4) is 0 Å². The van der Waals surface area contributed by atoms with Gasteiger partial charge >= 0.3 is 0 Å². The molecule has 0 heterocycles. The van der Waals surface area contributed by atoms with E-state index in [9.17, 15) is 4.79 Å². The largest absolute Gasteiger partial charge is 0.289 e.